The fourth-order valence-electron chi connectivity index (χ4n) is 4.19. The predicted octanol–water partition coefficient (Wildman–Crippen LogP) is 3.36. The molecule has 0 radical (unpaired) electrons. The number of piperazine rings is 1. The average Bonchev–Trinajstić information content (AvgIpc) is 2.87. The van der Waals surface area contributed by atoms with E-state index in [4.69, 9.17) is 4.98 Å². The van der Waals surface area contributed by atoms with Gasteiger partial charge in [-0.25, -0.2) is 15.0 Å². The molecule has 2 aromatic heterocycles. The lowest BCUT2D eigenvalue weighted by Gasteiger charge is -2.35. The number of benzene rings is 2. The van der Waals surface area contributed by atoms with Gasteiger partial charge in [0.05, 0.1) is 11.4 Å². The Bertz CT molecular complexity index is 1300. The molecule has 0 amide bonds. The van der Waals surface area contributed by atoms with E-state index in [9.17, 15) is 4.79 Å². The summed E-state index contributed by atoms with van der Waals surface area (Å²) in [6.45, 7) is 4.39. The van der Waals surface area contributed by atoms with Crippen molar-refractivity contribution in [1.29, 1.82) is 0 Å². The van der Waals surface area contributed by atoms with Crippen molar-refractivity contribution in [2.24, 2.45) is 7.05 Å². The molecule has 1 N–H and O–H groups in total. The van der Waals surface area contributed by atoms with E-state index >= 15 is 0 Å². The summed E-state index contributed by atoms with van der Waals surface area (Å²) in [6.07, 6.45) is 3.12. The molecule has 7 heteroatoms. The topological polar surface area (TPSA) is 75.9 Å². The number of rotatable bonds is 4. The molecule has 1 aliphatic rings. The van der Waals surface area contributed by atoms with Gasteiger partial charge in [-0.3, -0.25) is 9.36 Å². The standard InChI is InChI=1S/C26H26N6O/c1-18-3-5-19(6-4-18)20-7-9-21(10-8-20)24-16-32(14-13-28-24)26-30-23(15-25(33)31(26)2)22-11-12-27-17-29-22/h3-12,15,17,24,28H,13-14,16H2,1-2H3/t24-/m1/s1. The lowest BCUT2D eigenvalue weighted by molar-refractivity contribution is 0.462. The van der Waals surface area contributed by atoms with Crippen molar-refractivity contribution in [2.45, 2.75) is 13.0 Å². The second-order valence-electron chi connectivity index (χ2n) is 8.37. The van der Waals surface area contributed by atoms with E-state index in [-0.39, 0.29) is 11.6 Å². The van der Waals surface area contributed by atoms with E-state index in [1.807, 2.05) is 0 Å². The fraction of sp³-hybridized carbons (Fsp3) is 0.231. The minimum atomic E-state index is -0.105. The molecule has 0 aliphatic carbocycles. The Morgan fingerprint density at radius 3 is 2.39 bits per heavy atom. The van der Waals surface area contributed by atoms with Gasteiger partial charge in [0.25, 0.3) is 5.56 Å². The van der Waals surface area contributed by atoms with Gasteiger partial charge in [0.2, 0.25) is 5.95 Å². The average molecular weight is 439 g/mol. The number of anilines is 1. The highest BCUT2D eigenvalue weighted by atomic mass is 16.1. The van der Waals surface area contributed by atoms with Crippen LogP contribution in [0.3, 0.4) is 0 Å². The van der Waals surface area contributed by atoms with Gasteiger partial charge in [-0.1, -0.05) is 54.1 Å². The lowest BCUT2D eigenvalue weighted by Crippen LogP contribution is -2.47. The first-order valence-electron chi connectivity index (χ1n) is 11.1. The summed E-state index contributed by atoms with van der Waals surface area (Å²) in [4.78, 5) is 27.8. The Kier molecular flexibility index (Phi) is 5.71. The van der Waals surface area contributed by atoms with E-state index in [1.54, 1.807) is 23.9 Å². The Morgan fingerprint density at radius 1 is 0.970 bits per heavy atom. The van der Waals surface area contributed by atoms with Crippen LogP contribution >= 0.6 is 0 Å². The van der Waals surface area contributed by atoms with Gasteiger partial charge in [-0.05, 0) is 29.7 Å². The van der Waals surface area contributed by atoms with Crippen LogP contribution < -0.4 is 15.8 Å². The zero-order chi connectivity index (χ0) is 22.8. The van der Waals surface area contributed by atoms with Crippen molar-refractivity contribution < 1.29 is 0 Å². The number of nitrogens with zero attached hydrogens (tertiary/aromatic N) is 5. The molecule has 33 heavy (non-hydrogen) atoms. The van der Waals surface area contributed by atoms with E-state index < -0.39 is 0 Å². The zero-order valence-electron chi connectivity index (χ0n) is 18.8. The third-order valence-electron chi connectivity index (χ3n) is 6.11. The van der Waals surface area contributed by atoms with Crippen LogP contribution in [-0.2, 0) is 7.05 Å². The highest BCUT2D eigenvalue weighted by Gasteiger charge is 2.24. The monoisotopic (exact) mass is 438 g/mol. The maximum atomic E-state index is 12.7. The summed E-state index contributed by atoms with van der Waals surface area (Å²) < 4.78 is 1.60. The van der Waals surface area contributed by atoms with Crippen molar-refractivity contribution in [3.05, 3.63) is 94.7 Å². The van der Waals surface area contributed by atoms with Crippen LogP contribution in [0.1, 0.15) is 17.2 Å². The van der Waals surface area contributed by atoms with E-state index in [0.717, 1.165) is 19.6 Å². The van der Waals surface area contributed by atoms with Crippen LogP contribution in [-0.4, -0.2) is 39.2 Å². The third kappa shape index (κ3) is 4.40. The molecule has 1 aliphatic heterocycles. The van der Waals surface area contributed by atoms with E-state index in [0.29, 0.717) is 17.3 Å². The lowest BCUT2D eigenvalue weighted by atomic mass is 9.99. The first-order valence-corrected chi connectivity index (χ1v) is 11.1. The first-order chi connectivity index (χ1) is 16.1. The molecular weight excluding hydrogens is 412 g/mol. The molecular formula is C26H26N6O. The minimum Gasteiger partial charge on any atom is -0.339 e. The molecule has 0 spiro atoms. The Balaban J connectivity index is 1.39. The van der Waals surface area contributed by atoms with Gasteiger partial charge in [0, 0.05) is 45.0 Å². The number of hydrogen-bond donors (Lipinski definition) is 1. The summed E-state index contributed by atoms with van der Waals surface area (Å²) in [5.41, 5.74) is 5.99. The van der Waals surface area contributed by atoms with Gasteiger partial charge in [-0.2, -0.15) is 0 Å². The van der Waals surface area contributed by atoms with Crippen molar-refractivity contribution in [3.63, 3.8) is 0 Å². The maximum absolute atomic E-state index is 12.7. The van der Waals surface area contributed by atoms with Crippen LogP contribution in [0.5, 0.6) is 0 Å². The van der Waals surface area contributed by atoms with E-state index in [2.05, 4.69) is 75.6 Å². The second kappa shape index (κ2) is 8.96. The molecule has 7 nitrogen and oxygen atoms in total. The minimum absolute atomic E-state index is 0.105. The fourth-order valence-corrected chi connectivity index (χ4v) is 4.19. The molecule has 166 valence electrons. The first kappa shape index (κ1) is 21.0. The van der Waals surface area contributed by atoms with Crippen LogP contribution in [0.4, 0.5) is 5.95 Å². The van der Waals surface area contributed by atoms with Gasteiger partial charge < -0.3 is 10.2 Å². The number of hydrogen-bond acceptors (Lipinski definition) is 6. The molecule has 1 atom stereocenters. The van der Waals surface area contributed by atoms with Gasteiger partial charge in [-0.15, -0.1) is 0 Å². The van der Waals surface area contributed by atoms with Gasteiger partial charge in [0.15, 0.2) is 0 Å². The molecule has 3 heterocycles. The largest absolute Gasteiger partial charge is 0.339 e. The van der Waals surface area contributed by atoms with Crippen molar-refractivity contribution in [1.82, 2.24) is 24.8 Å². The second-order valence-corrected chi connectivity index (χ2v) is 8.37. The molecule has 4 aromatic rings. The summed E-state index contributed by atoms with van der Waals surface area (Å²) in [7, 11) is 1.77. The summed E-state index contributed by atoms with van der Waals surface area (Å²) in [6, 6.07) is 20.7. The maximum Gasteiger partial charge on any atom is 0.255 e. The highest BCUT2D eigenvalue weighted by molar-refractivity contribution is 5.64. The van der Waals surface area contributed by atoms with Gasteiger partial charge >= 0.3 is 0 Å². The summed E-state index contributed by atoms with van der Waals surface area (Å²) in [5, 5.41) is 3.60. The molecule has 0 bridgehead atoms. The van der Waals surface area contributed by atoms with Crippen LogP contribution in [0.25, 0.3) is 22.5 Å². The van der Waals surface area contributed by atoms with Crippen LogP contribution in [0.2, 0.25) is 0 Å². The van der Waals surface area contributed by atoms with Gasteiger partial charge in [0.1, 0.15) is 6.33 Å². The summed E-state index contributed by atoms with van der Waals surface area (Å²) >= 11 is 0. The van der Waals surface area contributed by atoms with Crippen molar-refractivity contribution >= 4 is 5.95 Å². The summed E-state index contributed by atoms with van der Waals surface area (Å²) in [5.74, 6) is 0.652. The number of aryl methyl sites for hydroxylation is 1. The highest BCUT2D eigenvalue weighted by Crippen LogP contribution is 2.25. The Labute approximate surface area is 192 Å². The molecule has 5 rings (SSSR count). The molecule has 2 aromatic carbocycles. The molecule has 0 saturated carbocycles. The van der Waals surface area contributed by atoms with Crippen molar-refractivity contribution in [2.75, 3.05) is 24.5 Å². The third-order valence-corrected chi connectivity index (χ3v) is 6.11. The molecule has 1 fully saturated rings. The number of aromatic nitrogens is 4. The van der Waals surface area contributed by atoms with E-state index in [1.165, 1.54) is 34.6 Å². The normalized spacial score (nSPS) is 16.1. The smallest absolute Gasteiger partial charge is 0.255 e. The van der Waals surface area contributed by atoms with Crippen molar-refractivity contribution in [3.8, 4) is 22.5 Å². The Hall–Kier alpha value is -3.84. The Morgan fingerprint density at radius 2 is 1.70 bits per heavy atom. The molecule has 1 saturated heterocycles. The van der Waals surface area contributed by atoms with Crippen LogP contribution in [0, 0.1) is 6.92 Å². The SMILES string of the molecule is Cc1ccc(-c2ccc([C@H]3CN(c4nc(-c5ccncn5)cc(=O)n4C)CCN3)cc2)cc1. The molecule has 0 unspecified atom stereocenters. The zero-order valence-corrected chi connectivity index (χ0v) is 18.8. The number of nitrogens with one attached hydrogen (secondary N) is 1. The predicted molar refractivity (Wildman–Crippen MR) is 130 cm³/mol. The quantitative estimate of drug-likeness (QED) is 0.527. The van der Waals surface area contributed by atoms with Crippen LogP contribution in [0.15, 0.2) is 78.0 Å².